The van der Waals surface area contributed by atoms with Crippen LogP contribution < -0.4 is 0 Å². The number of hydrogen-bond donors (Lipinski definition) is 0. The summed E-state index contributed by atoms with van der Waals surface area (Å²) in [5.74, 6) is 0.555. The Balaban J connectivity index is 1.14. The van der Waals surface area contributed by atoms with Crippen molar-refractivity contribution >= 4 is 10.8 Å². The lowest BCUT2D eigenvalue weighted by Crippen LogP contribution is -2.61. The van der Waals surface area contributed by atoms with E-state index in [-0.39, 0.29) is 22.0 Å². The fraction of sp³-hybridized carbons (Fsp3) is 0.618. The quantitative estimate of drug-likeness (QED) is 0.463. The van der Waals surface area contributed by atoms with Crippen LogP contribution in [-0.4, -0.2) is 65.3 Å². The Hall–Kier alpha value is -2.01. The topological polar surface area (TPSA) is 28.6 Å². The first-order chi connectivity index (χ1) is 18.4. The van der Waals surface area contributed by atoms with Crippen LogP contribution in [-0.2, 0) is 4.74 Å². The van der Waals surface area contributed by atoms with E-state index in [4.69, 9.17) is 4.74 Å². The lowest BCUT2D eigenvalue weighted by atomic mass is 9.49. The van der Waals surface area contributed by atoms with E-state index in [2.05, 4.69) is 72.1 Å². The SMILES string of the molecule is CN1CCN([C@@H]2CCC3=CC4=CCC5(C)C(c6ccc7ccncc7c6)CC[C@@]5(C)[C@@]45CC[C@]3(C2)O5)CC1. The Bertz CT molecular complexity index is 1360. The van der Waals surface area contributed by atoms with Gasteiger partial charge in [0.15, 0.2) is 0 Å². The number of hydrogen-bond acceptors (Lipinski definition) is 4. The van der Waals surface area contributed by atoms with Gasteiger partial charge in [0.25, 0.3) is 0 Å². The number of ether oxygens (including phenoxy) is 1. The standard InChI is InChI=1S/C34H43N3O/c1-31-11-8-28-21-27-6-7-29(37-18-16-36(3)17-19-37)22-33(27)13-14-34(28,38-33)32(31,2)12-9-30(31)25-5-4-24-10-15-35-23-26(24)20-25/h4-5,8,10,15,20-21,23,29-30H,6-7,9,11-14,16-19,22H2,1-3H3/t29-,30?,31?,32-,33-,34-/m1/s1. The van der Waals surface area contributed by atoms with Crippen LogP contribution in [0.3, 0.4) is 0 Å². The van der Waals surface area contributed by atoms with Crippen molar-refractivity contribution in [3.05, 3.63) is 65.5 Å². The molecule has 0 radical (unpaired) electrons. The molecule has 6 aliphatic rings. The van der Waals surface area contributed by atoms with Gasteiger partial charge in [-0.15, -0.1) is 0 Å². The third-order valence-corrected chi connectivity index (χ3v) is 12.7. The molecule has 200 valence electrons. The summed E-state index contributed by atoms with van der Waals surface area (Å²) < 4.78 is 7.68. The summed E-state index contributed by atoms with van der Waals surface area (Å²) >= 11 is 0. The van der Waals surface area contributed by atoms with E-state index in [0.717, 1.165) is 6.42 Å². The van der Waals surface area contributed by atoms with Gasteiger partial charge in [-0.1, -0.05) is 38.1 Å². The van der Waals surface area contributed by atoms with Gasteiger partial charge in [-0.3, -0.25) is 9.88 Å². The zero-order chi connectivity index (χ0) is 25.8. The fourth-order valence-electron chi connectivity index (χ4n) is 10.1. The number of benzene rings is 1. The van der Waals surface area contributed by atoms with Crippen LogP contribution in [0.1, 0.15) is 76.7 Å². The molecule has 6 atom stereocenters. The minimum atomic E-state index is -0.124. The van der Waals surface area contributed by atoms with E-state index < -0.39 is 0 Å². The molecule has 2 unspecified atom stereocenters. The third-order valence-electron chi connectivity index (χ3n) is 12.7. The van der Waals surface area contributed by atoms with Crippen molar-refractivity contribution in [3.8, 4) is 0 Å². The molecule has 2 saturated carbocycles. The molecule has 0 N–H and O–H groups in total. The number of likely N-dealkylation sites (N-methyl/N-ethyl adjacent to an activating group) is 1. The first kappa shape index (κ1) is 23.8. The normalized spacial score (nSPS) is 42.8. The maximum absolute atomic E-state index is 7.68. The first-order valence-electron chi connectivity index (χ1n) is 15.2. The molecule has 2 saturated heterocycles. The molecule has 4 heteroatoms. The van der Waals surface area contributed by atoms with Crippen LogP contribution in [0.25, 0.3) is 10.8 Å². The minimum Gasteiger partial charge on any atom is -0.359 e. The van der Waals surface area contributed by atoms with Crippen molar-refractivity contribution in [1.82, 2.24) is 14.8 Å². The second-order valence-corrected chi connectivity index (χ2v) is 14.0. The molecule has 3 aliphatic heterocycles. The predicted octanol–water partition coefficient (Wildman–Crippen LogP) is 6.48. The molecular formula is C34H43N3O. The van der Waals surface area contributed by atoms with E-state index in [0.29, 0.717) is 12.0 Å². The second kappa shape index (κ2) is 8.02. The summed E-state index contributed by atoms with van der Waals surface area (Å²) in [4.78, 5) is 9.69. The van der Waals surface area contributed by atoms with E-state index in [9.17, 15) is 0 Å². The van der Waals surface area contributed by atoms with Crippen LogP contribution in [0.2, 0.25) is 0 Å². The Morgan fingerprint density at radius 3 is 2.71 bits per heavy atom. The number of piperazine rings is 1. The highest BCUT2D eigenvalue weighted by Gasteiger charge is 2.72. The smallest absolute Gasteiger partial charge is 0.1000 e. The highest BCUT2D eigenvalue weighted by Crippen LogP contribution is 2.75. The van der Waals surface area contributed by atoms with Crippen molar-refractivity contribution < 1.29 is 4.74 Å². The summed E-state index contributed by atoms with van der Waals surface area (Å²) in [5, 5.41) is 2.56. The molecule has 1 aromatic heterocycles. The van der Waals surface area contributed by atoms with E-state index in [1.165, 1.54) is 93.0 Å². The van der Waals surface area contributed by atoms with Gasteiger partial charge >= 0.3 is 0 Å². The van der Waals surface area contributed by atoms with Crippen LogP contribution in [0.4, 0.5) is 0 Å². The number of fused-ring (bicyclic) bond motifs is 2. The summed E-state index contributed by atoms with van der Waals surface area (Å²) in [6.45, 7) is 10.0. The summed E-state index contributed by atoms with van der Waals surface area (Å²) in [6.07, 6.45) is 19.0. The maximum atomic E-state index is 7.68. The van der Waals surface area contributed by atoms with Crippen molar-refractivity contribution in [2.24, 2.45) is 10.8 Å². The van der Waals surface area contributed by atoms with E-state index in [1.54, 1.807) is 5.57 Å². The number of allylic oxidation sites excluding steroid dienone is 1. The Labute approximate surface area is 228 Å². The Morgan fingerprint density at radius 1 is 0.974 bits per heavy atom. The zero-order valence-corrected chi connectivity index (χ0v) is 23.5. The monoisotopic (exact) mass is 509 g/mol. The highest BCUT2D eigenvalue weighted by molar-refractivity contribution is 5.82. The average molecular weight is 510 g/mol. The molecule has 0 amide bonds. The van der Waals surface area contributed by atoms with Crippen molar-refractivity contribution in [2.45, 2.75) is 88.4 Å². The number of pyridine rings is 1. The highest BCUT2D eigenvalue weighted by atomic mass is 16.5. The van der Waals surface area contributed by atoms with Crippen LogP contribution in [0.5, 0.6) is 0 Å². The van der Waals surface area contributed by atoms with Crippen LogP contribution >= 0.6 is 0 Å². The Morgan fingerprint density at radius 2 is 1.84 bits per heavy atom. The number of nitrogens with zero attached hydrogens (tertiary/aromatic N) is 3. The zero-order valence-electron chi connectivity index (χ0n) is 23.5. The first-order valence-corrected chi connectivity index (χ1v) is 15.2. The molecule has 8 rings (SSSR count). The summed E-state index contributed by atoms with van der Waals surface area (Å²) in [6, 6.07) is 9.94. The lowest BCUT2D eigenvalue weighted by Gasteiger charge is -2.60. The van der Waals surface area contributed by atoms with Gasteiger partial charge in [0, 0.05) is 55.4 Å². The molecule has 38 heavy (non-hydrogen) atoms. The van der Waals surface area contributed by atoms with E-state index in [1.807, 2.05) is 12.4 Å². The number of rotatable bonds is 2. The largest absolute Gasteiger partial charge is 0.359 e. The predicted molar refractivity (Wildman–Crippen MR) is 153 cm³/mol. The van der Waals surface area contributed by atoms with Gasteiger partial charge in [-0.05, 0) is 104 Å². The number of aromatic nitrogens is 1. The van der Waals surface area contributed by atoms with Crippen LogP contribution in [0.15, 0.2) is 60.0 Å². The average Bonchev–Trinajstić information content (AvgIpc) is 3.41. The summed E-state index contributed by atoms with van der Waals surface area (Å²) in [5.41, 5.74) is 4.82. The van der Waals surface area contributed by atoms with E-state index >= 15 is 0 Å². The fourth-order valence-corrected chi connectivity index (χ4v) is 10.1. The van der Waals surface area contributed by atoms with Crippen molar-refractivity contribution in [1.29, 1.82) is 0 Å². The molecule has 3 aliphatic carbocycles. The molecule has 2 spiro atoms. The minimum absolute atomic E-state index is 0.0302. The van der Waals surface area contributed by atoms with Crippen molar-refractivity contribution in [3.63, 3.8) is 0 Å². The summed E-state index contributed by atoms with van der Waals surface area (Å²) in [7, 11) is 2.26. The molecule has 4 nitrogen and oxygen atoms in total. The molecule has 4 fully saturated rings. The molecule has 1 aromatic carbocycles. The van der Waals surface area contributed by atoms with Gasteiger partial charge in [0.1, 0.15) is 0 Å². The van der Waals surface area contributed by atoms with Gasteiger partial charge in [0.2, 0.25) is 0 Å². The third kappa shape index (κ3) is 3.00. The molecule has 4 heterocycles. The van der Waals surface area contributed by atoms with Gasteiger partial charge < -0.3 is 9.64 Å². The maximum Gasteiger partial charge on any atom is 0.1000 e. The Kier molecular flexibility index (Phi) is 5.03. The second-order valence-electron chi connectivity index (χ2n) is 14.0. The molecular weight excluding hydrogens is 466 g/mol. The van der Waals surface area contributed by atoms with Gasteiger partial charge in [-0.2, -0.15) is 0 Å². The lowest BCUT2D eigenvalue weighted by molar-refractivity contribution is -0.180. The molecule has 2 bridgehead atoms. The van der Waals surface area contributed by atoms with Gasteiger partial charge in [0.05, 0.1) is 11.2 Å². The van der Waals surface area contributed by atoms with Crippen LogP contribution in [0, 0.1) is 10.8 Å². The van der Waals surface area contributed by atoms with Crippen molar-refractivity contribution in [2.75, 3.05) is 33.2 Å². The molecule has 2 aromatic rings. The van der Waals surface area contributed by atoms with Gasteiger partial charge in [-0.25, -0.2) is 0 Å².